The molecule has 0 aliphatic carbocycles. The third-order valence-electron chi connectivity index (χ3n) is 2.38. The van der Waals surface area contributed by atoms with Crippen LogP contribution in [0.15, 0.2) is 24.5 Å². The summed E-state index contributed by atoms with van der Waals surface area (Å²) in [6.07, 6.45) is 3.13. The van der Waals surface area contributed by atoms with Gasteiger partial charge in [0.25, 0.3) is 5.91 Å². The zero-order valence-corrected chi connectivity index (χ0v) is 11.0. The van der Waals surface area contributed by atoms with Gasteiger partial charge in [-0.25, -0.2) is 0 Å². The van der Waals surface area contributed by atoms with Gasteiger partial charge in [0.2, 0.25) is 5.91 Å². The molecule has 0 atom stereocenters. The smallest absolute Gasteiger partial charge is 0.254 e. The van der Waals surface area contributed by atoms with Crippen LogP contribution < -0.4 is 5.32 Å². The lowest BCUT2D eigenvalue weighted by molar-refractivity contribution is -0.122. The van der Waals surface area contributed by atoms with Gasteiger partial charge in [-0.05, 0) is 32.9 Å². The van der Waals surface area contributed by atoms with Gasteiger partial charge in [-0.2, -0.15) is 0 Å². The molecule has 98 valence electrons. The highest BCUT2D eigenvalue weighted by Gasteiger charge is 2.17. The van der Waals surface area contributed by atoms with Crippen LogP contribution in [0, 0.1) is 0 Å². The minimum absolute atomic E-state index is 0.0761. The molecule has 0 aliphatic heterocycles. The Morgan fingerprint density at radius 3 is 2.44 bits per heavy atom. The number of carbonyl (C=O) groups is 2. The predicted octanol–water partition coefficient (Wildman–Crippen LogP) is 1.07. The van der Waals surface area contributed by atoms with Crippen molar-refractivity contribution >= 4 is 11.8 Å². The summed E-state index contributed by atoms with van der Waals surface area (Å²) in [5.74, 6) is -0.298. The van der Waals surface area contributed by atoms with Crippen molar-refractivity contribution in [2.45, 2.75) is 26.8 Å². The van der Waals surface area contributed by atoms with Crippen LogP contribution in [-0.4, -0.2) is 40.8 Å². The van der Waals surface area contributed by atoms with Crippen molar-refractivity contribution in [1.29, 1.82) is 0 Å². The van der Waals surface area contributed by atoms with Crippen molar-refractivity contribution in [2.24, 2.45) is 0 Å². The van der Waals surface area contributed by atoms with Gasteiger partial charge >= 0.3 is 0 Å². The number of amides is 2. The van der Waals surface area contributed by atoms with E-state index in [0.717, 1.165) is 0 Å². The highest BCUT2D eigenvalue weighted by atomic mass is 16.2. The Labute approximate surface area is 107 Å². The highest BCUT2D eigenvalue weighted by Crippen LogP contribution is 2.03. The molecule has 5 nitrogen and oxygen atoms in total. The molecule has 0 aromatic carbocycles. The first-order valence-corrected chi connectivity index (χ1v) is 6.03. The topological polar surface area (TPSA) is 62.3 Å². The van der Waals surface area contributed by atoms with Crippen LogP contribution in [0.4, 0.5) is 0 Å². The number of nitrogens with zero attached hydrogens (tertiary/aromatic N) is 2. The van der Waals surface area contributed by atoms with E-state index in [1.165, 1.54) is 4.90 Å². The minimum Gasteiger partial charge on any atom is -0.352 e. The summed E-state index contributed by atoms with van der Waals surface area (Å²) >= 11 is 0. The Morgan fingerprint density at radius 1 is 1.33 bits per heavy atom. The molecule has 1 heterocycles. The standard InChI is InChI=1S/C13H19N3O2/c1-4-16(9-12(17)15-10(2)3)13(18)11-5-7-14-8-6-11/h5-8,10H,4,9H2,1-3H3,(H,15,17). The molecular weight excluding hydrogens is 230 g/mol. The number of rotatable bonds is 5. The summed E-state index contributed by atoms with van der Waals surface area (Å²) in [6, 6.07) is 3.36. The molecule has 0 aliphatic rings. The molecule has 0 saturated carbocycles. The van der Waals surface area contributed by atoms with Crippen LogP contribution in [0.3, 0.4) is 0 Å². The number of hydrogen-bond acceptors (Lipinski definition) is 3. The Balaban J connectivity index is 2.67. The Morgan fingerprint density at radius 2 is 1.94 bits per heavy atom. The second-order valence-corrected chi connectivity index (χ2v) is 4.28. The number of hydrogen-bond donors (Lipinski definition) is 1. The van der Waals surface area contributed by atoms with E-state index >= 15 is 0 Å². The maximum Gasteiger partial charge on any atom is 0.254 e. The second-order valence-electron chi connectivity index (χ2n) is 4.28. The number of aromatic nitrogens is 1. The van der Waals surface area contributed by atoms with E-state index in [0.29, 0.717) is 12.1 Å². The summed E-state index contributed by atoms with van der Waals surface area (Å²) in [5, 5.41) is 2.77. The average molecular weight is 249 g/mol. The molecule has 0 fully saturated rings. The summed E-state index contributed by atoms with van der Waals surface area (Å²) in [4.78, 5) is 29.1. The Kier molecular flexibility index (Phi) is 5.30. The van der Waals surface area contributed by atoms with E-state index in [4.69, 9.17) is 0 Å². The maximum atomic E-state index is 12.1. The fourth-order valence-electron chi connectivity index (χ4n) is 1.55. The second kappa shape index (κ2) is 6.74. The third kappa shape index (κ3) is 4.16. The van der Waals surface area contributed by atoms with Gasteiger partial charge in [-0.1, -0.05) is 0 Å². The number of pyridine rings is 1. The summed E-state index contributed by atoms with van der Waals surface area (Å²) in [6.45, 7) is 6.20. The molecule has 2 amide bonds. The lowest BCUT2D eigenvalue weighted by atomic mass is 10.2. The highest BCUT2D eigenvalue weighted by molar-refractivity contribution is 5.96. The molecule has 0 unspecified atom stereocenters. The van der Waals surface area contributed by atoms with Gasteiger partial charge in [0, 0.05) is 30.5 Å². The van der Waals surface area contributed by atoms with E-state index in [1.807, 2.05) is 20.8 Å². The van der Waals surface area contributed by atoms with Crippen molar-refractivity contribution in [3.63, 3.8) is 0 Å². The van der Waals surface area contributed by atoms with E-state index < -0.39 is 0 Å². The van der Waals surface area contributed by atoms with Crippen LogP contribution in [0.1, 0.15) is 31.1 Å². The zero-order valence-electron chi connectivity index (χ0n) is 11.0. The molecule has 1 N–H and O–H groups in total. The quantitative estimate of drug-likeness (QED) is 0.849. The average Bonchev–Trinajstić information content (AvgIpc) is 2.35. The van der Waals surface area contributed by atoms with E-state index in [9.17, 15) is 9.59 Å². The van der Waals surface area contributed by atoms with Crippen molar-refractivity contribution in [3.8, 4) is 0 Å². The number of likely N-dealkylation sites (N-methyl/N-ethyl adjacent to an activating group) is 1. The Bertz CT molecular complexity index is 404. The lowest BCUT2D eigenvalue weighted by Crippen LogP contribution is -2.42. The Hall–Kier alpha value is -1.91. The zero-order chi connectivity index (χ0) is 13.5. The first kappa shape index (κ1) is 14.2. The fraction of sp³-hybridized carbons (Fsp3) is 0.462. The summed E-state index contributed by atoms with van der Waals surface area (Å²) in [5.41, 5.74) is 0.546. The first-order chi connectivity index (χ1) is 8.54. The molecule has 5 heteroatoms. The van der Waals surface area contributed by atoms with Crippen LogP contribution in [0.2, 0.25) is 0 Å². The van der Waals surface area contributed by atoms with Crippen molar-refractivity contribution in [2.75, 3.05) is 13.1 Å². The van der Waals surface area contributed by atoms with Gasteiger partial charge in [0.15, 0.2) is 0 Å². The predicted molar refractivity (Wildman–Crippen MR) is 69.1 cm³/mol. The molecule has 1 aromatic heterocycles. The monoisotopic (exact) mass is 249 g/mol. The van der Waals surface area contributed by atoms with Crippen LogP contribution in [-0.2, 0) is 4.79 Å². The van der Waals surface area contributed by atoms with E-state index in [2.05, 4.69) is 10.3 Å². The van der Waals surface area contributed by atoms with Gasteiger partial charge in [-0.3, -0.25) is 14.6 Å². The lowest BCUT2D eigenvalue weighted by Gasteiger charge is -2.21. The van der Waals surface area contributed by atoms with Crippen molar-refractivity contribution in [1.82, 2.24) is 15.2 Å². The molecule has 0 spiro atoms. The van der Waals surface area contributed by atoms with Crippen LogP contribution >= 0.6 is 0 Å². The number of carbonyl (C=O) groups excluding carboxylic acids is 2. The molecular formula is C13H19N3O2. The molecule has 18 heavy (non-hydrogen) atoms. The minimum atomic E-state index is -0.154. The first-order valence-electron chi connectivity index (χ1n) is 6.03. The summed E-state index contributed by atoms with van der Waals surface area (Å²) < 4.78 is 0. The third-order valence-corrected chi connectivity index (χ3v) is 2.38. The SMILES string of the molecule is CCN(CC(=O)NC(C)C)C(=O)c1ccncc1. The number of nitrogens with one attached hydrogen (secondary N) is 1. The fourth-order valence-corrected chi connectivity index (χ4v) is 1.55. The van der Waals surface area contributed by atoms with Gasteiger partial charge in [-0.15, -0.1) is 0 Å². The molecule has 1 rings (SSSR count). The van der Waals surface area contributed by atoms with Crippen molar-refractivity contribution < 1.29 is 9.59 Å². The van der Waals surface area contributed by atoms with E-state index in [1.54, 1.807) is 24.5 Å². The van der Waals surface area contributed by atoms with Gasteiger partial charge in [0.1, 0.15) is 0 Å². The van der Waals surface area contributed by atoms with Gasteiger partial charge < -0.3 is 10.2 Å². The largest absolute Gasteiger partial charge is 0.352 e. The van der Waals surface area contributed by atoms with Crippen molar-refractivity contribution in [3.05, 3.63) is 30.1 Å². The molecule has 0 radical (unpaired) electrons. The van der Waals surface area contributed by atoms with Crippen LogP contribution in [0.5, 0.6) is 0 Å². The summed E-state index contributed by atoms with van der Waals surface area (Å²) in [7, 11) is 0. The molecule has 0 bridgehead atoms. The van der Waals surface area contributed by atoms with Gasteiger partial charge in [0.05, 0.1) is 6.54 Å². The molecule has 0 saturated heterocycles. The molecule has 1 aromatic rings. The van der Waals surface area contributed by atoms with Crippen LogP contribution in [0.25, 0.3) is 0 Å². The maximum absolute atomic E-state index is 12.1. The van der Waals surface area contributed by atoms with E-state index in [-0.39, 0.29) is 24.4 Å². The normalized spacial score (nSPS) is 10.2.